The minimum absolute atomic E-state index is 0.0135. The molecule has 4 rings (SSSR count). The molecule has 5 N–H and O–H groups in total. The molecule has 1 aromatic carbocycles. The van der Waals surface area contributed by atoms with E-state index in [1.165, 1.54) is 4.90 Å². The number of carbonyl (C=O) groups is 2. The lowest BCUT2D eigenvalue weighted by atomic mass is 9.85. The summed E-state index contributed by atoms with van der Waals surface area (Å²) in [5, 5.41) is 14.8. The van der Waals surface area contributed by atoms with Crippen molar-refractivity contribution in [2.45, 2.75) is 44.7 Å². The van der Waals surface area contributed by atoms with Crippen LogP contribution in [0.15, 0.2) is 24.3 Å². The maximum absolute atomic E-state index is 13.2. The SMILES string of the molecule is CCCCN1C(=O)C2C(C1=O)C(c1ccc([NH+]=C(N)N)cc1)N1CCCC21.O=[N+]([O-])[O-]. The Morgan fingerprint density at radius 3 is 2.35 bits per heavy atom. The smallest absolute Gasteiger partial charge is 0.343 e. The summed E-state index contributed by atoms with van der Waals surface area (Å²) in [5.41, 5.74) is 12.9. The molecular formula is C20H28N6O5. The van der Waals surface area contributed by atoms with Crippen LogP contribution < -0.4 is 16.5 Å². The van der Waals surface area contributed by atoms with E-state index in [2.05, 4.69) is 16.8 Å². The number of unbranched alkanes of at least 4 members (excludes halogenated alkanes) is 1. The van der Waals surface area contributed by atoms with Crippen LogP contribution in [0.2, 0.25) is 0 Å². The van der Waals surface area contributed by atoms with Crippen molar-refractivity contribution in [2.24, 2.45) is 23.3 Å². The highest BCUT2D eigenvalue weighted by Crippen LogP contribution is 2.53. The van der Waals surface area contributed by atoms with Crippen molar-refractivity contribution in [1.29, 1.82) is 0 Å². The van der Waals surface area contributed by atoms with Crippen molar-refractivity contribution in [3.05, 3.63) is 45.2 Å². The number of imide groups is 1. The van der Waals surface area contributed by atoms with Crippen molar-refractivity contribution in [2.75, 3.05) is 13.1 Å². The summed E-state index contributed by atoms with van der Waals surface area (Å²) in [7, 11) is 0. The molecule has 0 saturated carbocycles. The Kier molecular flexibility index (Phi) is 6.74. The van der Waals surface area contributed by atoms with Crippen LogP contribution in [0.4, 0.5) is 5.69 Å². The van der Waals surface area contributed by atoms with Crippen LogP contribution in [0.5, 0.6) is 0 Å². The molecular weight excluding hydrogens is 404 g/mol. The van der Waals surface area contributed by atoms with Crippen molar-refractivity contribution in [3.63, 3.8) is 0 Å². The zero-order valence-electron chi connectivity index (χ0n) is 17.4. The number of hydrogen-bond acceptors (Lipinski definition) is 6. The third-order valence-electron chi connectivity index (χ3n) is 6.22. The fourth-order valence-corrected chi connectivity index (χ4v) is 5.13. The summed E-state index contributed by atoms with van der Waals surface area (Å²) in [6.45, 7) is 3.57. The molecule has 168 valence electrons. The summed E-state index contributed by atoms with van der Waals surface area (Å²) >= 11 is 0. The van der Waals surface area contributed by atoms with Gasteiger partial charge in [0.05, 0.1) is 22.6 Å². The highest BCUT2D eigenvalue weighted by atomic mass is 16.9. The second-order valence-corrected chi connectivity index (χ2v) is 8.05. The number of rotatable bonds is 5. The Morgan fingerprint density at radius 2 is 1.77 bits per heavy atom. The van der Waals surface area contributed by atoms with Gasteiger partial charge in [-0.15, -0.1) is 0 Å². The summed E-state index contributed by atoms with van der Waals surface area (Å²) in [6.07, 6.45) is 3.92. The average molecular weight is 432 g/mol. The molecule has 0 aromatic heterocycles. The van der Waals surface area contributed by atoms with Crippen molar-refractivity contribution in [1.82, 2.24) is 9.80 Å². The van der Waals surface area contributed by atoms with Gasteiger partial charge in [0.15, 0.2) is 0 Å². The molecule has 0 spiro atoms. The number of nitrogens with one attached hydrogen (secondary N) is 1. The number of amides is 2. The Hall–Kier alpha value is -3.21. The fourth-order valence-electron chi connectivity index (χ4n) is 5.13. The predicted octanol–water partition coefficient (Wildman–Crippen LogP) is -0.647. The summed E-state index contributed by atoms with van der Waals surface area (Å²) in [4.78, 5) is 41.2. The van der Waals surface area contributed by atoms with Gasteiger partial charge in [-0.05, 0) is 43.5 Å². The van der Waals surface area contributed by atoms with Crippen molar-refractivity contribution >= 4 is 23.5 Å². The highest BCUT2D eigenvalue weighted by Gasteiger charge is 2.62. The van der Waals surface area contributed by atoms with Crippen molar-refractivity contribution in [3.8, 4) is 0 Å². The number of guanidine groups is 1. The van der Waals surface area contributed by atoms with Crippen molar-refractivity contribution < 1.29 is 19.7 Å². The van der Waals surface area contributed by atoms with E-state index >= 15 is 0 Å². The molecule has 11 heteroatoms. The maximum Gasteiger partial charge on any atom is 0.343 e. The van der Waals surface area contributed by atoms with Crippen LogP contribution in [0.1, 0.15) is 44.2 Å². The van der Waals surface area contributed by atoms with Gasteiger partial charge in [0.25, 0.3) is 0 Å². The van der Waals surface area contributed by atoms with Crippen LogP contribution in [0, 0.1) is 27.2 Å². The molecule has 3 fully saturated rings. The van der Waals surface area contributed by atoms with Gasteiger partial charge in [0.1, 0.15) is 0 Å². The largest absolute Gasteiger partial charge is 0.356 e. The van der Waals surface area contributed by atoms with Gasteiger partial charge in [0.2, 0.25) is 11.8 Å². The van der Waals surface area contributed by atoms with Crippen LogP contribution in [0.25, 0.3) is 0 Å². The predicted molar refractivity (Wildman–Crippen MR) is 112 cm³/mol. The molecule has 3 aliphatic heterocycles. The number of nitrogens with two attached hydrogens (primary N) is 2. The quantitative estimate of drug-likeness (QED) is 0.181. The second-order valence-electron chi connectivity index (χ2n) is 8.05. The van der Waals surface area contributed by atoms with Crippen LogP contribution in [0.3, 0.4) is 0 Å². The van der Waals surface area contributed by atoms with E-state index in [0.29, 0.717) is 6.54 Å². The van der Waals surface area contributed by atoms with E-state index in [0.717, 1.165) is 43.5 Å². The number of carbonyl (C=O) groups excluding carboxylic acids is 2. The van der Waals surface area contributed by atoms with E-state index < -0.39 is 5.09 Å². The molecule has 11 nitrogen and oxygen atoms in total. The van der Waals surface area contributed by atoms with Crippen LogP contribution in [-0.2, 0) is 9.59 Å². The number of fused-ring (bicyclic) bond motifs is 3. The first-order valence-electron chi connectivity index (χ1n) is 10.4. The normalized spacial score (nSPS) is 26.8. The Morgan fingerprint density at radius 1 is 1.16 bits per heavy atom. The van der Waals surface area contributed by atoms with E-state index in [9.17, 15) is 9.59 Å². The standard InChI is InChI=1S/C20H27N5O2.NO3/c1-2-3-10-25-18(26)15-14-5-4-11-24(14)17(16(15)19(25)27)12-6-8-13(9-7-12)23-20(21)22;2-1(3)4/h6-9,14-17H,2-5,10-11H2,1H3,(H4,21,22,23);/q;-1/p+1. The molecule has 3 aliphatic rings. The first-order chi connectivity index (χ1) is 14.8. The molecule has 0 aliphatic carbocycles. The third-order valence-corrected chi connectivity index (χ3v) is 6.22. The molecule has 3 saturated heterocycles. The van der Waals surface area contributed by atoms with Gasteiger partial charge in [0, 0.05) is 18.6 Å². The molecule has 2 amide bonds. The number of nitrogens with zero attached hydrogens (tertiary/aromatic N) is 3. The summed E-state index contributed by atoms with van der Waals surface area (Å²) in [6, 6.07) is 8.03. The molecule has 1 aromatic rings. The average Bonchev–Trinajstić information content (AvgIpc) is 3.33. The monoisotopic (exact) mass is 432 g/mol. The molecule has 31 heavy (non-hydrogen) atoms. The van der Waals surface area contributed by atoms with Gasteiger partial charge >= 0.3 is 5.96 Å². The molecule has 4 atom stereocenters. The van der Waals surface area contributed by atoms with Gasteiger partial charge in [-0.3, -0.25) is 30.9 Å². The second kappa shape index (κ2) is 9.29. The van der Waals surface area contributed by atoms with Gasteiger partial charge in [-0.2, -0.15) is 0 Å². The van der Waals surface area contributed by atoms with E-state index in [-0.39, 0.29) is 41.7 Å². The molecule has 0 bridgehead atoms. The molecule has 3 heterocycles. The summed E-state index contributed by atoms with van der Waals surface area (Å²) in [5.74, 6) is -0.245. The lowest BCUT2D eigenvalue weighted by Gasteiger charge is -2.28. The van der Waals surface area contributed by atoms with E-state index in [1.807, 2.05) is 24.3 Å². The van der Waals surface area contributed by atoms with Crippen LogP contribution >= 0.6 is 0 Å². The minimum atomic E-state index is -1.75. The van der Waals surface area contributed by atoms with Gasteiger partial charge < -0.3 is 15.3 Å². The van der Waals surface area contributed by atoms with Gasteiger partial charge in [-0.25, -0.2) is 4.99 Å². The lowest BCUT2D eigenvalue weighted by molar-refractivity contribution is -0.402. The molecule has 4 unspecified atom stereocenters. The topological polar surface area (TPSA) is 173 Å². The number of hydrogen-bond donors (Lipinski definition) is 3. The maximum atomic E-state index is 13.2. The van der Waals surface area contributed by atoms with Crippen LogP contribution in [-0.4, -0.2) is 51.8 Å². The molecule has 0 radical (unpaired) electrons. The number of likely N-dealkylation sites (tertiary alicyclic amines) is 1. The Labute approximate surface area is 179 Å². The first kappa shape index (κ1) is 22.5. The zero-order chi connectivity index (χ0) is 22.7. The number of benzene rings is 1. The lowest BCUT2D eigenvalue weighted by Crippen LogP contribution is -2.72. The Bertz CT molecular complexity index is 865. The summed E-state index contributed by atoms with van der Waals surface area (Å²) < 4.78 is 0. The highest BCUT2D eigenvalue weighted by molar-refractivity contribution is 6.06. The first-order valence-corrected chi connectivity index (χ1v) is 10.4. The van der Waals surface area contributed by atoms with E-state index in [1.54, 1.807) is 0 Å². The third kappa shape index (κ3) is 4.46. The fraction of sp³-hybridized carbons (Fsp3) is 0.550. The van der Waals surface area contributed by atoms with E-state index in [4.69, 9.17) is 26.8 Å². The minimum Gasteiger partial charge on any atom is -0.356 e. The van der Waals surface area contributed by atoms with Gasteiger partial charge in [-0.1, -0.05) is 25.5 Å². The zero-order valence-corrected chi connectivity index (χ0v) is 17.4. The Balaban J connectivity index is 0.000000628.